The van der Waals surface area contributed by atoms with E-state index >= 15 is 0 Å². The molecule has 0 atom stereocenters. The molecule has 0 saturated heterocycles. The lowest BCUT2D eigenvalue weighted by Crippen LogP contribution is -2.28. The van der Waals surface area contributed by atoms with E-state index in [0.717, 1.165) is 4.68 Å². The second kappa shape index (κ2) is 5.75. The minimum atomic E-state index is -0.559. The van der Waals surface area contributed by atoms with Crippen LogP contribution >= 0.6 is 15.9 Å². The third-order valence-corrected chi connectivity index (χ3v) is 2.78. The van der Waals surface area contributed by atoms with Crippen LogP contribution in [0.5, 0.6) is 0 Å². The van der Waals surface area contributed by atoms with Gasteiger partial charge < -0.3 is 5.32 Å². The molecule has 0 saturated carbocycles. The number of carbonyl (C=O) groups excluding carboxylic acids is 1. The highest BCUT2D eigenvalue weighted by Gasteiger charge is 2.09. The molecule has 0 spiro atoms. The van der Waals surface area contributed by atoms with Crippen LogP contribution in [-0.2, 0) is 11.3 Å². The fourth-order valence-electron chi connectivity index (χ4n) is 1.42. The van der Waals surface area contributed by atoms with E-state index in [1.54, 1.807) is 6.07 Å². The zero-order valence-corrected chi connectivity index (χ0v) is 11.2. The number of nitrogens with zero attached hydrogens (tertiary/aromatic N) is 2. The molecule has 1 heterocycles. The van der Waals surface area contributed by atoms with Crippen LogP contribution in [0.4, 0.5) is 10.1 Å². The van der Waals surface area contributed by atoms with Crippen molar-refractivity contribution in [3.8, 4) is 0 Å². The maximum atomic E-state index is 13.5. The lowest BCUT2D eigenvalue weighted by Gasteiger charge is -2.07. The molecule has 2 aromatic rings. The zero-order valence-electron chi connectivity index (χ0n) is 9.64. The van der Waals surface area contributed by atoms with Gasteiger partial charge in [-0.15, -0.1) is 0 Å². The van der Waals surface area contributed by atoms with Crippen LogP contribution in [0, 0.1) is 5.82 Å². The molecule has 19 heavy (non-hydrogen) atoms. The van der Waals surface area contributed by atoms with E-state index < -0.39 is 17.3 Å². The van der Waals surface area contributed by atoms with Crippen LogP contribution < -0.4 is 10.9 Å². The number of nitrogens with one attached hydrogen (secondary N) is 1. The average Bonchev–Trinajstić information content (AvgIpc) is 2.36. The first-order valence-corrected chi connectivity index (χ1v) is 6.12. The van der Waals surface area contributed by atoms with Crippen LogP contribution in [0.3, 0.4) is 0 Å². The number of aromatic nitrogens is 2. The maximum absolute atomic E-state index is 13.5. The first-order valence-electron chi connectivity index (χ1n) is 5.33. The van der Waals surface area contributed by atoms with Gasteiger partial charge in [0.05, 0.1) is 5.69 Å². The average molecular weight is 326 g/mol. The molecule has 0 aliphatic carbocycles. The van der Waals surface area contributed by atoms with Crippen molar-refractivity contribution in [2.24, 2.45) is 0 Å². The summed E-state index contributed by atoms with van der Waals surface area (Å²) >= 11 is 3.12. The van der Waals surface area contributed by atoms with Gasteiger partial charge in [0.1, 0.15) is 12.4 Å². The number of benzene rings is 1. The number of anilines is 1. The molecule has 0 aliphatic heterocycles. The van der Waals surface area contributed by atoms with E-state index in [0.29, 0.717) is 4.47 Å². The molecule has 1 N–H and O–H groups in total. The van der Waals surface area contributed by atoms with Crippen molar-refractivity contribution in [3.05, 3.63) is 57.2 Å². The normalized spacial score (nSPS) is 10.2. The third-order valence-electron chi connectivity index (χ3n) is 2.28. The summed E-state index contributed by atoms with van der Waals surface area (Å²) in [7, 11) is 0. The lowest BCUT2D eigenvalue weighted by atomic mass is 10.3. The predicted octanol–water partition coefficient (Wildman–Crippen LogP) is 1.78. The summed E-state index contributed by atoms with van der Waals surface area (Å²) < 4.78 is 15.1. The minimum Gasteiger partial charge on any atom is -0.322 e. The summed E-state index contributed by atoms with van der Waals surface area (Å²) in [6.07, 6.45) is 1.40. The first-order chi connectivity index (χ1) is 9.06. The number of amides is 1. The second-order valence-corrected chi connectivity index (χ2v) is 4.61. The summed E-state index contributed by atoms with van der Waals surface area (Å²) in [5.41, 5.74) is -0.342. The molecule has 2 rings (SSSR count). The molecular formula is C12H9BrFN3O2. The number of halogens is 2. The lowest BCUT2D eigenvalue weighted by molar-refractivity contribution is -0.117. The van der Waals surface area contributed by atoms with Gasteiger partial charge in [-0.05, 0) is 24.3 Å². The van der Waals surface area contributed by atoms with Crippen molar-refractivity contribution in [1.82, 2.24) is 9.78 Å². The Balaban J connectivity index is 2.10. The van der Waals surface area contributed by atoms with Crippen LogP contribution in [0.25, 0.3) is 0 Å². The molecule has 1 aromatic heterocycles. The number of rotatable bonds is 3. The SMILES string of the molecule is O=C(Cn1ncccc1=O)Nc1ccc(Br)cc1F. The smallest absolute Gasteiger partial charge is 0.267 e. The Bertz CT molecular complexity index is 672. The molecule has 0 unspecified atom stereocenters. The first kappa shape index (κ1) is 13.4. The summed E-state index contributed by atoms with van der Waals surface area (Å²) in [5.74, 6) is -1.09. The highest BCUT2D eigenvalue weighted by Crippen LogP contribution is 2.19. The van der Waals surface area contributed by atoms with Crippen LogP contribution in [0.15, 0.2) is 45.8 Å². The Hall–Kier alpha value is -2.02. The van der Waals surface area contributed by atoms with E-state index in [1.807, 2.05) is 0 Å². The van der Waals surface area contributed by atoms with E-state index in [4.69, 9.17) is 0 Å². The van der Waals surface area contributed by atoms with Crippen molar-refractivity contribution >= 4 is 27.5 Å². The fourth-order valence-corrected chi connectivity index (χ4v) is 1.76. The highest BCUT2D eigenvalue weighted by molar-refractivity contribution is 9.10. The molecule has 5 nitrogen and oxygen atoms in total. The molecule has 0 fully saturated rings. The molecule has 7 heteroatoms. The minimum absolute atomic E-state index is 0.0529. The van der Waals surface area contributed by atoms with Crippen molar-refractivity contribution in [1.29, 1.82) is 0 Å². The fraction of sp³-hybridized carbons (Fsp3) is 0.0833. The second-order valence-electron chi connectivity index (χ2n) is 3.69. The standard InChI is InChI=1S/C12H9BrFN3O2/c13-8-3-4-10(9(14)6-8)16-11(18)7-17-12(19)2-1-5-15-17/h1-6H,7H2,(H,16,18). The van der Waals surface area contributed by atoms with Crippen molar-refractivity contribution in [3.63, 3.8) is 0 Å². The van der Waals surface area contributed by atoms with Gasteiger partial charge in [-0.3, -0.25) is 9.59 Å². The van der Waals surface area contributed by atoms with Gasteiger partial charge in [0.2, 0.25) is 5.91 Å². The Kier molecular flexibility index (Phi) is 4.06. The maximum Gasteiger partial charge on any atom is 0.267 e. The Labute approximate surface area is 116 Å². The Morgan fingerprint density at radius 3 is 2.89 bits per heavy atom. The van der Waals surface area contributed by atoms with E-state index in [1.165, 1.54) is 30.5 Å². The van der Waals surface area contributed by atoms with E-state index in [9.17, 15) is 14.0 Å². The molecule has 98 valence electrons. The highest BCUT2D eigenvalue weighted by atomic mass is 79.9. The predicted molar refractivity (Wildman–Crippen MR) is 71.2 cm³/mol. The van der Waals surface area contributed by atoms with Crippen molar-refractivity contribution in [2.45, 2.75) is 6.54 Å². The van der Waals surface area contributed by atoms with Crippen LogP contribution in [0.2, 0.25) is 0 Å². The largest absolute Gasteiger partial charge is 0.322 e. The number of carbonyl (C=O) groups is 1. The third kappa shape index (κ3) is 3.47. The molecule has 1 aromatic carbocycles. The monoisotopic (exact) mass is 325 g/mol. The number of hydrogen-bond donors (Lipinski definition) is 1. The van der Waals surface area contributed by atoms with Gasteiger partial charge in [-0.2, -0.15) is 5.10 Å². The van der Waals surface area contributed by atoms with Crippen molar-refractivity contribution < 1.29 is 9.18 Å². The molecule has 1 amide bonds. The molecular weight excluding hydrogens is 317 g/mol. The summed E-state index contributed by atoms with van der Waals surface area (Å²) in [5, 5.41) is 6.12. The van der Waals surface area contributed by atoms with E-state index in [-0.39, 0.29) is 12.2 Å². The van der Waals surface area contributed by atoms with E-state index in [2.05, 4.69) is 26.3 Å². The summed E-state index contributed by atoms with van der Waals surface area (Å²) in [4.78, 5) is 23.0. The van der Waals surface area contributed by atoms with Gasteiger partial charge >= 0.3 is 0 Å². The van der Waals surface area contributed by atoms with Gasteiger partial charge in [-0.1, -0.05) is 15.9 Å². The Morgan fingerprint density at radius 1 is 1.42 bits per heavy atom. The van der Waals surface area contributed by atoms with Gasteiger partial charge in [-0.25, -0.2) is 9.07 Å². The van der Waals surface area contributed by atoms with Gasteiger partial charge in [0, 0.05) is 16.7 Å². The summed E-state index contributed by atoms with van der Waals surface area (Å²) in [6, 6.07) is 7.04. The molecule has 0 aliphatic rings. The quantitative estimate of drug-likeness (QED) is 0.935. The molecule has 0 radical (unpaired) electrons. The van der Waals surface area contributed by atoms with Crippen molar-refractivity contribution in [2.75, 3.05) is 5.32 Å². The summed E-state index contributed by atoms with van der Waals surface area (Å²) in [6.45, 7) is -0.269. The zero-order chi connectivity index (χ0) is 13.8. The number of hydrogen-bond acceptors (Lipinski definition) is 3. The van der Waals surface area contributed by atoms with Gasteiger partial charge in [0.15, 0.2) is 0 Å². The Morgan fingerprint density at radius 2 is 2.21 bits per heavy atom. The van der Waals surface area contributed by atoms with Crippen LogP contribution in [-0.4, -0.2) is 15.7 Å². The topological polar surface area (TPSA) is 64.0 Å². The van der Waals surface area contributed by atoms with Crippen LogP contribution in [0.1, 0.15) is 0 Å². The molecule has 0 bridgehead atoms. The van der Waals surface area contributed by atoms with Gasteiger partial charge in [0.25, 0.3) is 5.56 Å².